The van der Waals surface area contributed by atoms with Crippen LogP contribution < -0.4 is 0 Å². The maximum atomic E-state index is 10.1. The van der Waals surface area contributed by atoms with Crippen molar-refractivity contribution in [3.63, 3.8) is 0 Å². The van der Waals surface area contributed by atoms with Crippen LogP contribution in [-0.2, 0) is 0 Å². The van der Waals surface area contributed by atoms with Crippen molar-refractivity contribution in [1.29, 1.82) is 0 Å². The van der Waals surface area contributed by atoms with E-state index in [4.69, 9.17) is 0 Å². The average Bonchev–Trinajstić information content (AvgIpc) is 0.811. The molecule has 0 rings (SSSR count). The summed E-state index contributed by atoms with van der Waals surface area (Å²) in [5.41, 5.74) is 0. The molecule has 0 nitrogen and oxygen atoms in total. The molecule has 0 aromatic rings. The van der Waals surface area contributed by atoms with Gasteiger partial charge in [0.15, 0.2) is 0 Å². The van der Waals surface area contributed by atoms with Gasteiger partial charge in [0.05, 0.1) is 0 Å². The SMILES string of the molecule is C=C(F)F.[LiH]. The third-order valence-electron chi connectivity index (χ3n) is 0. The quantitative estimate of drug-likeness (QED) is 0.370. The number of hydrogen-bond acceptors (Lipinski definition) is 0. The van der Waals surface area contributed by atoms with Crippen LogP contribution in [-0.4, -0.2) is 18.9 Å². The van der Waals surface area contributed by atoms with Gasteiger partial charge in [0.25, 0.3) is 6.08 Å². The summed E-state index contributed by atoms with van der Waals surface area (Å²) in [6.45, 7) is 2.22. The van der Waals surface area contributed by atoms with Gasteiger partial charge in [-0.25, -0.2) is 0 Å². The van der Waals surface area contributed by atoms with Gasteiger partial charge in [0.1, 0.15) is 0 Å². The van der Waals surface area contributed by atoms with Crippen LogP contribution in [0.2, 0.25) is 0 Å². The fourth-order valence-corrected chi connectivity index (χ4v) is 0. The van der Waals surface area contributed by atoms with E-state index in [9.17, 15) is 8.78 Å². The van der Waals surface area contributed by atoms with E-state index in [-0.39, 0.29) is 18.9 Å². The van der Waals surface area contributed by atoms with E-state index < -0.39 is 6.08 Å². The summed E-state index contributed by atoms with van der Waals surface area (Å²) >= 11 is 0. The second kappa shape index (κ2) is 4.20. The second-order valence-electron chi connectivity index (χ2n) is 0.339. The minimum atomic E-state index is -1.83. The Morgan fingerprint density at radius 2 is 1.40 bits per heavy atom. The van der Waals surface area contributed by atoms with Crippen LogP contribution in [0.1, 0.15) is 0 Å². The molecule has 0 aromatic heterocycles. The third-order valence-corrected chi connectivity index (χ3v) is 0. The molecule has 0 atom stereocenters. The Morgan fingerprint density at radius 3 is 1.40 bits per heavy atom. The van der Waals surface area contributed by atoms with Crippen molar-refractivity contribution in [3.8, 4) is 0 Å². The molecular weight excluding hydrogens is 69.0 g/mol. The molecule has 0 N–H and O–H groups in total. The van der Waals surface area contributed by atoms with Crippen molar-refractivity contribution >= 4 is 18.9 Å². The van der Waals surface area contributed by atoms with Gasteiger partial charge >= 0.3 is 18.9 Å². The van der Waals surface area contributed by atoms with E-state index in [1.165, 1.54) is 0 Å². The zero-order valence-corrected chi connectivity index (χ0v) is 1.96. The van der Waals surface area contributed by atoms with Gasteiger partial charge < -0.3 is 0 Å². The van der Waals surface area contributed by atoms with Crippen LogP contribution in [0.15, 0.2) is 12.7 Å². The molecule has 0 fully saturated rings. The first kappa shape index (κ1) is 8.96. The van der Waals surface area contributed by atoms with E-state index in [2.05, 4.69) is 6.58 Å². The summed E-state index contributed by atoms with van der Waals surface area (Å²) in [5, 5.41) is 0. The van der Waals surface area contributed by atoms with Crippen molar-refractivity contribution in [2.24, 2.45) is 0 Å². The van der Waals surface area contributed by atoms with Gasteiger partial charge in [-0.15, -0.1) is 0 Å². The molecule has 3 heteroatoms. The third kappa shape index (κ3) is 520. The molecule has 0 heterocycles. The number of rotatable bonds is 0. The van der Waals surface area contributed by atoms with Gasteiger partial charge in [0, 0.05) is 0 Å². The fraction of sp³-hybridized carbons (Fsp3) is 0. The molecule has 0 saturated carbocycles. The summed E-state index contributed by atoms with van der Waals surface area (Å²) in [7, 11) is 0. The predicted octanol–water partition coefficient (Wildman–Crippen LogP) is 0.748. The fourth-order valence-electron chi connectivity index (χ4n) is 0. The van der Waals surface area contributed by atoms with Crippen molar-refractivity contribution in [1.82, 2.24) is 0 Å². The minimum absolute atomic E-state index is 0. The molecule has 0 aliphatic heterocycles. The van der Waals surface area contributed by atoms with Gasteiger partial charge in [-0.2, -0.15) is 8.78 Å². The Hall–Kier alpha value is 0.197. The molecule has 26 valence electrons. The van der Waals surface area contributed by atoms with E-state index in [0.29, 0.717) is 0 Å². The average molecular weight is 72.0 g/mol. The van der Waals surface area contributed by atoms with Gasteiger partial charge in [-0.1, -0.05) is 0 Å². The van der Waals surface area contributed by atoms with Crippen LogP contribution in [0.3, 0.4) is 0 Å². The molecule has 0 unspecified atom stereocenters. The Balaban J connectivity index is 0. The topological polar surface area (TPSA) is 0 Å². The predicted molar refractivity (Wildman–Crippen MR) is 18.5 cm³/mol. The first-order valence-corrected chi connectivity index (χ1v) is 0.732. The zero-order chi connectivity index (χ0) is 3.58. The van der Waals surface area contributed by atoms with Crippen LogP contribution >= 0.6 is 0 Å². The van der Waals surface area contributed by atoms with Crippen LogP contribution in [0.25, 0.3) is 0 Å². The number of hydrogen-bond donors (Lipinski definition) is 0. The first-order valence-electron chi connectivity index (χ1n) is 0.732. The summed E-state index contributed by atoms with van der Waals surface area (Å²) in [6, 6.07) is 0. The van der Waals surface area contributed by atoms with Crippen molar-refractivity contribution in [3.05, 3.63) is 12.7 Å². The molecule has 0 bridgehead atoms. The van der Waals surface area contributed by atoms with Crippen LogP contribution in [0.5, 0.6) is 0 Å². The summed E-state index contributed by atoms with van der Waals surface area (Å²) in [4.78, 5) is 0. The Labute approximate surface area is 41.0 Å². The summed E-state index contributed by atoms with van der Waals surface area (Å²) < 4.78 is 20.3. The molecular formula is C2H3F2Li. The molecule has 0 aliphatic rings. The molecule has 0 saturated heterocycles. The summed E-state index contributed by atoms with van der Waals surface area (Å²) in [5.74, 6) is 0. The van der Waals surface area contributed by atoms with E-state index in [1.807, 2.05) is 0 Å². The van der Waals surface area contributed by atoms with E-state index in [1.54, 1.807) is 0 Å². The molecule has 0 amide bonds. The molecule has 5 heavy (non-hydrogen) atoms. The van der Waals surface area contributed by atoms with Crippen LogP contribution in [0, 0.1) is 0 Å². The van der Waals surface area contributed by atoms with Gasteiger partial charge in [-0.3, -0.25) is 0 Å². The molecule has 0 aromatic carbocycles. The van der Waals surface area contributed by atoms with E-state index in [0.717, 1.165) is 0 Å². The zero-order valence-electron chi connectivity index (χ0n) is 1.96. The Bertz CT molecular complexity index is 30.6. The van der Waals surface area contributed by atoms with Gasteiger partial charge in [-0.05, 0) is 6.58 Å². The molecule has 0 spiro atoms. The first-order chi connectivity index (χ1) is 1.73. The van der Waals surface area contributed by atoms with Crippen molar-refractivity contribution < 1.29 is 8.78 Å². The maximum absolute atomic E-state index is 10.1. The number of halogens is 2. The monoisotopic (exact) mass is 72.0 g/mol. The second-order valence-corrected chi connectivity index (χ2v) is 0.339. The van der Waals surface area contributed by atoms with Crippen molar-refractivity contribution in [2.75, 3.05) is 0 Å². The molecule has 0 radical (unpaired) electrons. The normalized spacial score (nSPS) is 5.20. The van der Waals surface area contributed by atoms with Crippen LogP contribution in [0.4, 0.5) is 8.78 Å². The molecule has 0 aliphatic carbocycles. The Morgan fingerprint density at radius 1 is 1.40 bits per heavy atom. The standard InChI is InChI=1S/C2H2F2.Li.H/c1-2(3)4;;/h1H2;;. The van der Waals surface area contributed by atoms with Crippen molar-refractivity contribution in [2.45, 2.75) is 0 Å². The van der Waals surface area contributed by atoms with Gasteiger partial charge in [0.2, 0.25) is 0 Å². The van der Waals surface area contributed by atoms with E-state index >= 15 is 0 Å². The summed E-state index contributed by atoms with van der Waals surface area (Å²) in [6.07, 6.45) is -1.83. The Kier molecular flexibility index (Phi) is 7.52.